The van der Waals surface area contributed by atoms with Gasteiger partial charge in [0.2, 0.25) is 0 Å². The van der Waals surface area contributed by atoms with Crippen molar-refractivity contribution >= 4 is 21.8 Å². The van der Waals surface area contributed by atoms with Gasteiger partial charge >= 0.3 is 0 Å². The predicted molar refractivity (Wildman–Crippen MR) is 79.9 cm³/mol. The van der Waals surface area contributed by atoms with Crippen LogP contribution in [-0.2, 0) is 0 Å². The topological polar surface area (TPSA) is 51.2 Å². The van der Waals surface area contributed by atoms with E-state index in [1.807, 2.05) is 0 Å². The highest BCUT2D eigenvalue weighted by Crippen LogP contribution is 2.24. The van der Waals surface area contributed by atoms with Gasteiger partial charge < -0.3 is 10.1 Å². The van der Waals surface area contributed by atoms with Crippen molar-refractivity contribution in [1.82, 2.24) is 10.3 Å². The van der Waals surface area contributed by atoms with Crippen molar-refractivity contribution in [3.63, 3.8) is 0 Å². The van der Waals surface area contributed by atoms with Gasteiger partial charge in [-0.2, -0.15) is 0 Å². The predicted octanol–water partition coefficient (Wildman–Crippen LogP) is 3.02. The highest BCUT2D eigenvalue weighted by atomic mass is 79.9. The molecule has 1 N–H and O–H groups in total. The number of halogens is 1. The molecule has 0 fully saturated rings. The number of rotatable bonds is 5. The van der Waals surface area contributed by atoms with Gasteiger partial charge in [0.25, 0.3) is 5.91 Å². The second kappa shape index (κ2) is 6.89. The van der Waals surface area contributed by atoms with Gasteiger partial charge in [-0.1, -0.05) is 36.7 Å². The lowest BCUT2D eigenvalue weighted by Gasteiger charge is -2.22. The van der Waals surface area contributed by atoms with Gasteiger partial charge in [-0.25, -0.2) is 0 Å². The monoisotopic (exact) mass is 328 g/mol. The fourth-order valence-corrected chi connectivity index (χ4v) is 2.90. The standard InChI is InChI=1S/C14H21BrN2O2/c1-14(2,3)7-10(15)8-17-13(18)11-5-6-16-9-12(11)19-4/h5-6,9-10H,7-8H2,1-4H3,(H,17,18). The molecular formula is C14H21BrN2O2. The molecule has 1 atom stereocenters. The van der Waals surface area contributed by atoms with Crippen LogP contribution in [0.5, 0.6) is 5.75 Å². The molecule has 1 heterocycles. The zero-order valence-corrected chi connectivity index (χ0v) is 13.5. The Labute approximate surface area is 123 Å². The molecule has 1 aromatic rings. The SMILES string of the molecule is COc1cnccc1C(=O)NCC(Br)CC(C)(C)C. The molecule has 1 aromatic heterocycles. The van der Waals surface area contributed by atoms with Crippen molar-refractivity contribution in [1.29, 1.82) is 0 Å². The number of carbonyl (C=O) groups is 1. The Hall–Kier alpha value is -1.10. The van der Waals surface area contributed by atoms with Crippen molar-refractivity contribution in [3.05, 3.63) is 24.0 Å². The summed E-state index contributed by atoms with van der Waals surface area (Å²) in [5, 5.41) is 2.90. The summed E-state index contributed by atoms with van der Waals surface area (Å²) in [5.74, 6) is 0.347. The summed E-state index contributed by atoms with van der Waals surface area (Å²) in [5.41, 5.74) is 0.737. The Kier molecular flexibility index (Phi) is 5.79. The van der Waals surface area contributed by atoms with E-state index in [4.69, 9.17) is 4.74 Å². The first kappa shape index (κ1) is 16.0. The summed E-state index contributed by atoms with van der Waals surface area (Å²) in [6.07, 6.45) is 4.11. The minimum absolute atomic E-state index is 0.141. The van der Waals surface area contributed by atoms with Crippen LogP contribution in [0.25, 0.3) is 0 Å². The van der Waals surface area contributed by atoms with Gasteiger partial charge in [0.15, 0.2) is 0 Å². The van der Waals surface area contributed by atoms with E-state index in [0.717, 1.165) is 6.42 Å². The second-order valence-corrected chi connectivity index (χ2v) is 6.94. The lowest BCUT2D eigenvalue weighted by molar-refractivity contribution is 0.0949. The largest absolute Gasteiger partial charge is 0.494 e. The van der Waals surface area contributed by atoms with Crippen LogP contribution in [0.1, 0.15) is 37.6 Å². The summed E-state index contributed by atoms with van der Waals surface area (Å²) in [4.78, 5) is 16.2. The molecule has 0 radical (unpaired) electrons. The van der Waals surface area contributed by atoms with E-state index in [1.165, 1.54) is 13.3 Å². The zero-order valence-electron chi connectivity index (χ0n) is 11.9. The van der Waals surface area contributed by atoms with E-state index in [1.54, 1.807) is 12.3 Å². The minimum Gasteiger partial charge on any atom is -0.494 e. The third-order valence-electron chi connectivity index (χ3n) is 2.57. The molecule has 0 saturated carbocycles. The molecule has 19 heavy (non-hydrogen) atoms. The number of nitrogens with one attached hydrogen (secondary N) is 1. The van der Waals surface area contributed by atoms with Crippen molar-refractivity contribution in [2.75, 3.05) is 13.7 Å². The molecule has 0 bridgehead atoms. The quantitative estimate of drug-likeness (QED) is 0.845. The number of ether oxygens (including phenoxy) is 1. The van der Waals surface area contributed by atoms with Crippen LogP contribution in [-0.4, -0.2) is 29.4 Å². The number of nitrogens with zero attached hydrogens (tertiary/aromatic N) is 1. The summed E-state index contributed by atoms with van der Waals surface area (Å²) in [6, 6.07) is 1.65. The lowest BCUT2D eigenvalue weighted by atomic mass is 9.90. The van der Waals surface area contributed by atoms with Crippen molar-refractivity contribution < 1.29 is 9.53 Å². The Balaban J connectivity index is 2.56. The average molecular weight is 329 g/mol. The first-order chi connectivity index (χ1) is 8.83. The first-order valence-corrected chi connectivity index (χ1v) is 7.15. The van der Waals surface area contributed by atoms with Crippen molar-refractivity contribution in [2.24, 2.45) is 5.41 Å². The number of hydrogen-bond donors (Lipinski definition) is 1. The van der Waals surface area contributed by atoms with Gasteiger partial charge in [-0.05, 0) is 17.9 Å². The number of alkyl halides is 1. The van der Waals surface area contributed by atoms with E-state index >= 15 is 0 Å². The molecule has 0 aliphatic heterocycles. The molecule has 0 aliphatic carbocycles. The summed E-state index contributed by atoms with van der Waals surface area (Å²) in [7, 11) is 1.53. The number of amides is 1. The molecular weight excluding hydrogens is 308 g/mol. The molecule has 0 aliphatic rings. The highest BCUT2D eigenvalue weighted by Gasteiger charge is 2.18. The van der Waals surface area contributed by atoms with Gasteiger partial charge in [-0.15, -0.1) is 0 Å². The Bertz CT molecular complexity index is 430. The fraction of sp³-hybridized carbons (Fsp3) is 0.571. The number of methoxy groups -OCH3 is 1. The maximum Gasteiger partial charge on any atom is 0.255 e. The third kappa shape index (κ3) is 5.59. The molecule has 0 aromatic carbocycles. The van der Waals surface area contributed by atoms with Crippen LogP contribution in [0.3, 0.4) is 0 Å². The maximum absolute atomic E-state index is 12.1. The van der Waals surface area contributed by atoms with Crippen LogP contribution in [0.15, 0.2) is 18.5 Å². The molecule has 1 amide bonds. The normalized spacial score (nSPS) is 12.9. The van der Waals surface area contributed by atoms with Crippen LogP contribution >= 0.6 is 15.9 Å². The third-order valence-corrected chi connectivity index (χ3v) is 3.21. The van der Waals surface area contributed by atoms with Gasteiger partial charge in [0, 0.05) is 17.6 Å². The maximum atomic E-state index is 12.1. The lowest BCUT2D eigenvalue weighted by Crippen LogP contribution is -2.31. The van der Waals surface area contributed by atoms with Crippen LogP contribution in [0.4, 0.5) is 0 Å². The fourth-order valence-electron chi connectivity index (χ4n) is 1.77. The van der Waals surface area contributed by atoms with E-state index in [2.05, 4.69) is 47.0 Å². The van der Waals surface area contributed by atoms with Crippen molar-refractivity contribution in [2.45, 2.75) is 32.0 Å². The summed E-state index contributed by atoms with van der Waals surface area (Å²) >= 11 is 3.59. The Morgan fingerprint density at radius 1 is 1.53 bits per heavy atom. The summed E-state index contributed by atoms with van der Waals surface area (Å²) in [6.45, 7) is 7.11. The molecule has 0 saturated heterocycles. The first-order valence-electron chi connectivity index (χ1n) is 6.24. The average Bonchev–Trinajstić information content (AvgIpc) is 2.33. The molecule has 0 spiro atoms. The molecule has 4 nitrogen and oxygen atoms in total. The van der Waals surface area contributed by atoms with Gasteiger partial charge in [0.05, 0.1) is 18.9 Å². The van der Waals surface area contributed by atoms with Crippen molar-refractivity contribution in [3.8, 4) is 5.75 Å². The minimum atomic E-state index is -0.141. The van der Waals surface area contributed by atoms with E-state index < -0.39 is 0 Å². The second-order valence-electron chi connectivity index (χ2n) is 5.65. The number of aromatic nitrogens is 1. The van der Waals surface area contributed by atoms with Crippen LogP contribution in [0, 0.1) is 5.41 Å². The molecule has 5 heteroatoms. The Morgan fingerprint density at radius 3 is 2.79 bits per heavy atom. The van der Waals surface area contributed by atoms with Crippen LogP contribution in [0.2, 0.25) is 0 Å². The highest BCUT2D eigenvalue weighted by molar-refractivity contribution is 9.09. The summed E-state index contributed by atoms with van der Waals surface area (Å²) < 4.78 is 5.12. The number of pyridine rings is 1. The zero-order chi connectivity index (χ0) is 14.5. The van der Waals surface area contributed by atoms with Gasteiger partial charge in [0.1, 0.15) is 5.75 Å². The van der Waals surface area contributed by atoms with Crippen LogP contribution < -0.4 is 10.1 Å². The molecule has 1 unspecified atom stereocenters. The van der Waals surface area contributed by atoms with E-state index in [-0.39, 0.29) is 16.1 Å². The Morgan fingerprint density at radius 2 is 2.21 bits per heavy atom. The smallest absolute Gasteiger partial charge is 0.255 e. The molecule has 106 valence electrons. The number of hydrogen-bond acceptors (Lipinski definition) is 3. The number of carbonyl (C=O) groups excluding carboxylic acids is 1. The molecule has 1 rings (SSSR count). The van der Waals surface area contributed by atoms with Gasteiger partial charge in [-0.3, -0.25) is 9.78 Å². The van der Waals surface area contributed by atoms with E-state index in [0.29, 0.717) is 17.9 Å². The van der Waals surface area contributed by atoms with E-state index in [9.17, 15) is 4.79 Å².